The van der Waals surface area contributed by atoms with Crippen LogP contribution in [0.1, 0.15) is 32.9 Å². The quantitative estimate of drug-likeness (QED) is 0.626. The van der Waals surface area contributed by atoms with E-state index in [0.717, 1.165) is 36.7 Å². The third-order valence-electron chi connectivity index (χ3n) is 5.46. The lowest BCUT2D eigenvalue weighted by Gasteiger charge is -2.34. The molecule has 1 aromatic carbocycles. The summed E-state index contributed by atoms with van der Waals surface area (Å²) in [5.41, 5.74) is 3.66. The number of aromatic nitrogens is 2. The molecule has 0 N–H and O–H groups in total. The first kappa shape index (κ1) is 20.1. The molecule has 1 amide bonds. The molecule has 1 fully saturated rings. The zero-order valence-corrected chi connectivity index (χ0v) is 17.4. The summed E-state index contributed by atoms with van der Waals surface area (Å²) in [4.78, 5) is 21.3. The van der Waals surface area contributed by atoms with Crippen molar-refractivity contribution >= 4 is 5.91 Å². The normalized spacial score (nSPS) is 14.7. The van der Waals surface area contributed by atoms with Gasteiger partial charge in [-0.05, 0) is 49.7 Å². The van der Waals surface area contributed by atoms with Crippen LogP contribution >= 0.6 is 0 Å². The summed E-state index contributed by atoms with van der Waals surface area (Å²) in [7, 11) is 0. The van der Waals surface area contributed by atoms with Gasteiger partial charge in [-0.2, -0.15) is 0 Å². The van der Waals surface area contributed by atoms with Gasteiger partial charge in [0.25, 0.3) is 5.91 Å². The van der Waals surface area contributed by atoms with Crippen LogP contribution in [0, 0.1) is 13.8 Å². The Morgan fingerprint density at radius 2 is 1.87 bits per heavy atom. The summed E-state index contributed by atoms with van der Waals surface area (Å²) in [5.74, 6) is 1.46. The van der Waals surface area contributed by atoms with Gasteiger partial charge in [0.2, 0.25) is 0 Å². The summed E-state index contributed by atoms with van der Waals surface area (Å²) in [6, 6.07) is 11.4. The minimum atomic E-state index is 0.0429. The highest BCUT2D eigenvalue weighted by atomic mass is 16.5. The topological polar surface area (TPSA) is 71.7 Å². The van der Waals surface area contributed by atoms with E-state index in [4.69, 9.17) is 9.26 Å². The maximum absolute atomic E-state index is 13.0. The van der Waals surface area contributed by atoms with E-state index in [-0.39, 0.29) is 5.91 Å². The Balaban J connectivity index is 1.33. The number of ether oxygens (including phenoxy) is 1. The highest BCUT2D eigenvalue weighted by Gasteiger charge is 2.22. The first-order valence-corrected chi connectivity index (χ1v) is 10.2. The lowest BCUT2D eigenvalue weighted by atomic mass is 10.1. The molecule has 2 aromatic heterocycles. The van der Waals surface area contributed by atoms with Gasteiger partial charge in [0.05, 0.1) is 11.3 Å². The molecule has 0 aliphatic carbocycles. The molecule has 0 radical (unpaired) electrons. The fourth-order valence-corrected chi connectivity index (χ4v) is 3.62. The minimum Gasteiger partial charge on any atom is -0.489 e. The third kappa shape index (κ3) is 4.68. The first-order chi connectivity index (χ1) is 14.6. The van der Waals surface area contributed by atoms with E-state index < -0.39 is 0 Å². The van der Waals surface area contributed by atoms with Gasteiger partial charge < -0.3 is 14.2 Å². The lowest BCUT2D eigenvalue weighted by molar-refractivity contribution is 0.0628. The number of amides is 1. The van der Waals surface area contributed by atoms with Crippen molar-refractivity contribution in [2.45, 2.75) is 27.0 Å². The number of carbonyl (C=O) groups excluding carboxylic acids is 1. The van der Waals surface area contributed by atoms with E-state index in [2.05, 4.69) is 15.0 Å². The Kier molecular flexibility index (Phi) is 6.09. The number of aryl methyl sites for hydroxylation is 2. The van der Waals surface area contributed by atoms with Crippen molar-refractivity contribution in [2.75, 3.05) is 26.2 Å². The number of hydrogen-bond acceptors (Lipinski definition) is 6. The van der Waals surface area contributed by atoms with Crippen molar-refractivity contribution in [3.8, 4) is 5.75 Å². The maximum atomic E-state index is 13.0. The number of hydrogen-bond donors (Lipinski definition) is 0. The predicted molar refractivity (Wildman–Crippen MR) is 112 cm³/mol. The second-order valence-electron chi connectivity index (χ2n) is 7.54. The van der Waals surface area contributed by atoms with Crippen LogP contribution in [0.2, 0.25) is 0 Å². The number of rotatable bonds is 6. The maximum Gasteiger partial charge on any atom is 0.254 e. The average molecular weight is 406 g/mol. The van der Waals surface area contributed by atoms with Crippen LogP contribution in [-0.2, 0) is 13.2 Å². The molecule has 156 valence electrons. The minimum absolute atomic E-state index is 0.0429. The highest BCUT2D eigenvalue weighted by molar-refractivity contribution is 5.94. The molecule has 0 saturated carbocycles. The molecule has 30 heavy (non-hydrogen) atoms. The first-order valence-electron chi connectivity index (χ1n) is 10.2. The van der Waals surface area contributed by atoms with Crippen molar-refractivity contribution in [3.05, 3.63) is 76.9 Å². The Morgan fingerprint density at radius 1 is 1.10 bits per heavy atom. The number of carbonyl (C=O) groups is 1. The molecular weight excluding hydrogens is 380 g/mol. The molecule has 0 bridgehead atoms. The van der Waals surface area contributed by atoms with E-state index in [1.165, 1.54) is 5.56 Å². The van der Waals surface area contributed by atoms with Gasteiger partial charge in [0.1, 0.15) is 18.1 Å². The van der Waals surface area contributed by atoms with Crippen LogP contribution in [0.15, 0.2) is 53.3 Å². The van der Waals surface area contributed by atoms with Crippen LogP contribution in [0.3, 0.4) is 0 Å². The van der Waals surface area contributed by atoms with Gasteiger partial charge in [0, 0.05) is 50.7 Å². The molecule has 0 atom stereocenters. The number of benzene rings is 1. The van der Waals surface area contributed by atoms with E-state index >= 15 is 0 Å². The second kappa shape index (κ2) is 9.09. The van der Waals surface area contributed by atoms with Crippen LogP contribution in [-0.4, -0.2) is 52.0 Å². The third-order valence-corrected chi connectivity index (χ3v) is 5.46. The second-order valence-corrected chi connectivity index (χ2v) is 7.54. The van der Waals surface area contributed by atoms with E-state index in [0.29, 0.717) is 31.0 Å². The molecule has 1 saturated heterocycles. The molecule has 7 heteroatoms. The Bertz CT molecular complexity index is 975. The lowest BCUT2D eigenvalue weighted by Crippen LogP contribution is -2.48. The average Bonchev–Trinajstić information content (AvgIpc) is 3.10. The van der Waals surface area contributed by atoms with Crippen LogP contribution < -0.4 is 4.74 Å². The van der Waals surface area contributed by atoms with Crippen molar-refractivity contribution in [1.82, 2.24) is 19.9 Å². The molecule has 4 rings (SSSR count). The fourth-order valence-electron chi connectivity index (χ4n) is 3.62. The van der Waals surface area contributed by atoms with Gasteiger partial charge in [-0.3, -0.25) is 14.7 Å². The van der Waals surface area contributed by atoms with Gasteiger partial charge in [-0.1, -0.05) is 11.2 Å². The number of pyridine rings is 1. The van der Waals surface area contributed by atoms with Gasteiger partial charge >= 0.3 is 0 Å². The Hall–Kier alpha value is -3.19. The monoisotopic (exact) mass is 406 g/mol. The summed E-state index contributed by atoms with van der Waals surface area (Å²) in [6.07, 6.45) is 3.63. The summed E-state index contributed by atoms with van der Waals surface area (Å²) < 4.78 is 11.1. The van der Waals surface area contributed by atoms with Crippen LogP contribution in [0.4, 0.5) is 0 Å². The van der Waals surface area contributed by atoms with Crippen molar-refractivity contribution in [2.24, 2.45) is 0 Å². The van der Waals surface area contributed by atoms with Crippen LogP contribution in [0.25, 0.3) is 0 Å². The van der Waals surface area contributed by atoms with Crippen molar-refractivity contribution in [3.63, 3.8) is 0 Å². The largest absolute Gasteiger partial charge is 0.489 e. The molecule has 0 unspecified atom stereocenters. The zero-order chi connectivity index (χ0) is 20.9. The molecule has 7 nitrogen and oxygen atoms in total. The van der Waals surface area contributed by atoms with Crippen LogP contribution in [0.5, 0.6) is 5.75 Å². The molecule has 3 heterocycles. The SMILES string of the molecule is Cc1noc(C)c1COc1cccc(C(=O)N2CCN(Cc3ccncc3)CC2)c1. The molecular formula is C23H26N4O3. The molecule has 1 aliphatic rings. The highest BCUT2D eigenvalue weighted by Crippen LogP contribution is 2.20. The van der Waals surface area contributed by atoms with Gasteiger partial charge in [0.15, 0.2) is 0 Å². The smallest absolute Gasteiger partial charge is 0.254 e. The summed E-state index contributed by atoms with van der Waals surface area (Å²) >= 11 is 0. The molecule has 0 spiro atoms. The molecule has 1 aliphatic heterocycles. The summed E-state index contributed by atoms with van der Waals surface area (Å²) in [5, 5.41) is 3.94. The van der Waals surface area contributed by atoms with E-state index in [1.54, 1.807) is 0 Å². The van der Waals surface area contributed by atoms with Gasteiger partial charge in [-0.15, -0.1) is 0 Å². The number of nitrogens with zero attached hydrogens (tertiary/aromatic N) is 4. The van der Waals surface area contributed by atoms with Gasteiger partial charge in [-0.25, -0.2) is 0 Å². The van der Waals surface area contributed by atoms with Crippen molar-refractivity contribution < 1.29 is 14.1 Å². The van der Waals surface area contributed by atoms with E-state index in [1.807, 2.05) is 67.5 Å². The Labute approximate surface area is 176 Å². The Morgan fingerprint density at radius 3 is 2.57 bits per heavy atom. The fraction of sp³-hybridized carbons (Fsp3) is 0.348. The van der Waals surface area contributed by atoms with Crippen molar-refractivity contribution in [1.29, 1.82) is 0 Å². The number of piperazine rings is 1. The predicted octanol–water partition coefficient (Wildman–Crippen LogP) is 3.22. The standard InChI is InChI=1S/C23H26N4O3/c1-17-22(18(2)30-25-17)16-29-21-5-3-4-20(14-21)23(28)27-12-10-26(11-13-27)15-19-6-8-24-9-7-19/h3-9,14H,10-13,15-16H2,1-2H3. The van der Waals surface area contributed by atoms with E-state index in [9.17, 15) is 4.79 Å². The summed E-state index contributed by atoms with van der Waals surface area (Å²) in [6.45, 7) is 8.16. The zero-order valence-electron chi connectivity index (χ0n) is 17.4. The molecule has 3 aromatic rings.